The molecule has 7 heteroatoms. The summed E-state index contributed by atoms with van der Waals surface area (Å²) >= 11 is 3.12. The summed E-state index contributed by atoms with van der Waals surface area (Å²) in [6.45, 7) is 0.396. The highest BCUT2D eigenvalue weighted by atomic mass is 79.9. The van der Waals surface area contributed by atoms with Crippen LogP contribution in [-0.4, -0.2) is 8.42 Å². The second-order valence-corrected chi connectivity index (χ2v) is 7.06. The molecule has 0 spiro atoms. The van der Waals surface area contributed by atoms with E-state index in [1.807, 2.05) is 0 Å². The zero-order valence-electron chi connectivity index (χ0n) is 11.0. The van der Waals surface area contributed by atoms with E-state index in [9.17, 15) is 12.8 Å². The molecule has 0 radical (unpaired) electrons. The molecule has 0 bridgehead atoms. The monoisotopic (exact) mass is 372 g/mol. The van der Waals surface area contributed by atoms with Crippen LogP contribution in [0.2, 0.25) is 0 Å². The third-order valence-corrected chi connectivity index (χ3v) is 4.73. The largest absolute Gasteiger partial charge is 0.326 e. The molecular weight excluding hydrogens is 359 g/mol. The second kappa shape index (κ2) is 6.55. The molecule has 2 aromatic rings. The summed E-state index contributed by atoms with van der Waals surface area (Å²) in [5, 5.41) is 0. The van der Waals surface area contributed by atoms with Gasteiger partial charge in [-0.3, -0.25) is 4.72 Å². The number of nitrogens with two attached hydrogens (primary N) is 1. The maximum absolute atomic E-state index is 13.6. The first-order chi connectivity index (χ1) is 9.91. The van der Waals surface area contributed by atoms with Crippen molar-refractivity contribution in [3.05, 3.63) is 63.9 Å². The Balaban J connectivity index is 2.18. The number of nitrogens with one attached hydrogen (secondary N) is 1. The number of para-hydroxylation sites is 1. The van der Waals surface area contributed by atoms with Gasteiger partial charge in [0.2, 0.25) is 10.0 Å². The van der Waals surface area contributed by atoms with E-state index in [1.54, 1.807) is 30.3 Å². The minimum atomic E-state index is -3.70. The van der Waals surface area contributed by atoms with Crippen molar-refractivity contribution in [2.45, 2.75) is 12.3 Å². The molecule has 0 heterocycles. The van der Waals surface area contributed by atoms with Gasteiger partial charge in [0.25, 0.3) is 0 Å². The molecule has 2 rings (SSSR count). The van der Waals surface area contributed by atoms with Crippen molar-refractivity contribution in [1.82, 2.24) is 0 Å². The molecule has 112 valence electrons. The maximum atomic E-state index is 13.6. The highest BCUT2D eigenvalue weighted by Gasteiger charge is 2.16. The SMILES string of the molecule is NCc1ccc(CS(=O)(=O)Nc2c(F)cccc2Br)cc1. The van der Waals surface area contributed by atoms with Crippen LogP contribution in [0.3, 0.4) is 0 Å². The lowest BCUT2D eigenvalue weighted by Crippen LogP contribution is -2.16. The van der Waals surface area contributed by atoms with E-state index >= 15 is 0 Å². The fourth-order valence-electron chi connectivity index (χ4n) is 1.78. The highest BCUT2D eigenvalue weighted by molar-refractivity contribution is 9.10. The van der Waals surface area contributed by atoms with E-state index in [-0.39, 0.29) is 11.4 Å². The van der Waals surface area contributed by atoms with Crippen LogP contribution in [-0.2, 0) is 22.3 Å². The fraction of sp³-hybridized carbons (Fsp3) is 0.143. The number of hydrogen-bond acceptors (Lipinski definition) is 3. The summed E-state index contributed by atoms with van der Waals surface area (Å²) < 4.78 is 40.5. The van der Waals surface area contributed by atoms with E-state index < -0.39 is 15.8 Å². The molecule has 0 atom stereocenters. The van der Waals surface area contributed by atoms with E-state index in [2.05, 4.69) is 20.7 Å². The molecule has 0 unspecified atom stereocenters. The van der Waals surface area contributed by atoms with E-state index in [0.29, 0.717) is 16.6 Å². The first kappa shape index (κ1) is 15.9. The van der Waals surface area contributed by atoms with Gasteiger partial charge in [0.1, 0.15) is 5.82 Å². The first-order valence-electron chi connectivity index (χ1n) is 6.13. The number of rotatable bonds is 5. The van der Waals surface area contributed by atoms with Gasteiger partial charge < -0.3 is 5.73 Å². The van der Waals surface area contributed by atoms with Gasteiger partial charge in [0, 0.05) is 11.0 Å². The molecular formula is C14H14BrFN2O2S. The Morgan fingerprint density at radius 3 is 2.29 bits per heavy atom. The molecule has 0 saturated heterocycles. The van der Waals surface area contributed by atoms with Gasteiger partial charge in [-0.1, -0.05) is 30.3 Å². The number of hydrogen-bond donors (Lipinski definition) is 2. The predicted molar refractivity (Wildman–Crippen MR) is 84.7 cm³/mol. The Morgan fingerprint density at radius 2 is 1.71 bits per heavy atom. The number of anilines is 1. The molecule has 0 saturated carbocycles. The van der Waals surface area contributed by atoms with Gasteiger partial charge in [-0.25, -0.2) is 12.8 Å². The van der Waals surface area contributed by atoms with Crippen molar-refractivity contribution in [3.8, 4) is 0 Å². The normalized spacial score (nSPS) is 11.4. The molecule has 4 nitrogen and oxygen atoms in total. The lowest BCUT2D eigenvalue weighted by molar-refractivity contribution is 0.597. The number of halogens is 2. The Hall–Kier alpha value is -1.44. The van der Waals surface area contributed by atoms with Crippen LogP contribution in [0.1, 0.15) is 11.1 Å². The van der Waals surface area contributed by atoms with Crippen LogP contribution in [0.5, 0.6) is 0 Å². The molecule has 0 aliphatic carbocycles. The summed E-state index contributed by atoms with van der Waals surface area (Å²) in [7, 11) is -3.70. The van der Waals surface area contributed by atoms with Gasteiger partial charge in [-0.15, -0.1) is 0 Å². The van der Waals surface area contributed by atoms with Crippen LogP contribution < -0.4 is 10.5 Å². The summed E-state index contributed by atoms with van der Waals surface area (Å²) in [6, 6.07) is 11.2. The lowest BCUT2D eigenvalue weighted by Gasteiger charge is -2.11. The van der Waals surface area contributed by atoms with Crippen molar-refractivity contribution in [3.63, 3.8) is 0 Å². The van der Waals surface area contributed by atoms with Crippen molar-refractivity contribution >= 4 is 31.6 Å². The molecule has 0 aromatic heterocycles. The van der Waals surface area contributed by atoms with E-state index in [0.717, 1.165) is 5.56 Å². The average molecular weight is 373 g/mol. The molecule has 2 aromatic carbocycles. The summed E-state index contributed by atoms with van der Waals surface area (Å²) in [4.78, 5) is 0. The molecule has 0 fully saturated rings. The third-order valence-electron chi connectivity index (χ3n) is 2.84. The van der Waals surface area contributed by atoms with Crippen molar-refractivity contribution in [2.24, 2.45) is 5.73 Å². The van der Waals surface area contributed by atoms with Crippen molar-refractivity contribution < 1.29 is 12.8 Å². The van der Waals surface area contributed by atoms with Gasteiger partial charge in [-0.05, 0) is 39.2 Å². The minimum Gasteiger partial charge on any atom is -0.326 e. The average Bonchev–Trinajstić information content (AvgIpc) is 2.43. The topological polar surface area (TPSA) is 72.2 Å². The van der Waals surface area contributed by atoms with Gasteiger partial charge in [0.15, 0.2) is 0 Å². The Kier molecular flexibility index (Phi) is 4.97. The van der Waals surface area contributed by atoms with Crippen LogP contribution >= 0.6 is 15.9 Å². The highest BCUT2D eigenvalue weighted by Crippen LogP contribution is 2.26. The first-order valence-corrected chi connectivity index (χ1v) is 8.58. The smallest absolute Gasteiger partial charge is 0.237 e. The Bertz CT molecular complexity index is 713. The Morgan fingerprint density at radius 1 is 1.10 bits per heavy atom. The van der Waals surface area contributed by atoms with Gasteiger partial charge >= 0.3 is 0 Å². The van der Waals surface area contributed by atoms with Gasteiger partial charge in [-0.2, -0.15) is 0 Å². The van der Waals surface area contributed by atoms with Crippen LogP contribution in [0.15, 0.2) is 46.9 Å². The van der Waals surface area contributed by atoms with Crippen LogP contribution in [0.4, 0.5) is 10.1 Å². The molecule has 21 heavy (non-hydrogen) atoms. The zero-order chi connectivity index (χ0) is 15.5. The minimum absolute atomic E-state index is 0.0870. The fourth-order valence-corrected chi connectivity index (χ4v) is 3.57. The predicted octanol–water partition coefficient (Wildman–Crippen LogP) is 2.99. The molecule has 0 amide bonds. The quantitative estimate of drug-likeness (QED) is 0.847. The summed E-state index contributed by atoms with van der Waals surface area (Å²) in [5.41, 5.74) is 6.92. The summed E-state index contributed by atoms with van der Waals surface area (Å²) in [6.07, 6.45) is 0. The second-order valence-electron chi connectivity index (χ2n) is 4.48. The van der Waals surface area contributed by atoms with Crippen molar-refractivity contribution in [2.75, 3.05) is 4.72 Å². The maximum Gasteiger partial charge on any atom is 0.237 e. The Labute approximate surface area is 131 Å². The summed E-state index contributed by atoms with van der Waals surface area (Å²) in [5.74, 6) is -0.870. The molecule has 0 aliphatic heterocycles. The van der Waals surface area contributed by atoms with E-state index in [4.69, 9.17) is 5.73 Å². The third kappa shape index (κ3) is 4.26. The molecule has 0 aliphatic rings. The number of benzene rings is 2. The van der Waals surface area contributed by atoms with Crippen molar-refractivity contribution in [1.29, 1.82) is 0 Å². The number of sulfonamides is 1. The van der Waals surface area contributed by atoms with Crippen LogP contribution in [0.25, 0.3) is 0 Å². The standard InChI is InChI=1S/C14H14BrFN2O2S/c15-12-2-1-3-13(16)14(12)18-21(19,20)9-11-6-4-10(8-17)5-7-11/h1-7,18H,8-9,17H2. The van der Waals surface area contributed by atoms with E-state index in [1.165, 1.54) is 12.1 Å². The van der Waals surface area contributed by atoms with Crippen LogP contribution in [0, 0.1) is 5.82 Å². The lowest BCUT2D eigenvalue weighted by atomic mass is 10.1. The zero-order valence-corrected chi connectivity index (χ0v) is 13.4. The molecule has 3 N–H and O–H groups in total. The van der Waals surface area contributed by atoms with Gasteiger partial charge in [0.05, 0.1) is 11.4 Å².